The molecule has 3 aliphatic rings. The van der Waals surface area contributed by atoms with Crippen LogP contribution in [0.4, 0.5) is 0 Å². The minimum atomic E-state index is -0.716. The molecule has 1 aliphatic carbocycles. The highest BCUT2D eigenvalue weighted by atomic mass is 16.5. The predicted octanol–water partition coefficient (Wildman–Crippen LogP) is 1.04. The number of nitrogens with one attached hydrogen (secondary N) is 2. The van der Waals surface area contributed by atoms with Crippen LogP contribution in [0.1, 0.15) is 37.2 Å². The van der Waals surface area contributed by atoms with E-state index in [9.17, 15) is 14.8 Å². The smallest absolute Gasteiger partial charge is 0.249 e. The van der Waals surface area contributed by atoms with Gasteiger partial charge in [-0.1, -0.05) is 30.3 Å². The molecule has 4 rings (SSSR count). The van der Waals surface area contributed by atoms with Gasteiger partial charge in [-0.15, -0.1) is 4.99 Å². The summed E-state index contributed by atoms with van der Waals surface area (Å²) in [6.45, 7) is 2.04. The van der Waals surface area contributed by atoms with Gasteiger partial charge in [-0.3, -0.25) is 14.8 Å². The summed E-state index contributed by atoms with van der Waals surface area (Å²) in [5, 5.41) is 21.6. The SMILES string of the molecule is N#C/N=C(\NC1CC1)N1CC[C@H](C(=O)N2CC[C@H](c3ccccc3)C2)[C@@H](C(=O)NO)C1. The van der Waals surface area contributed by atoms with Crippen LogP contribution in [-0.2, 0) is 9.59 Å². The molecule has 2 aliphatic heterocycles. The fourth-order valence-corrected chi connectivity index (χ4v) is 4.63. The molecule has 0 radical (unpaired) electrons. The molecule has 3 N–H and O–H groups in total. The molecule has 1 aromatic carbocycles. The summed E-state index contributed by atoms with van der Waals surface area (Å²) < 4.78 is 0. The Balaban J connectivity index is 1.45. The Morgan fingerprint density at radius 3 is 2.45 bits per heavy atom. The van der Waals surface area contributed by atoms with E-state index in [1.165, 1.54) is 5.56 Å². The van der Waals surface area contributed by atoms with E-state index < -0.39 is 17.7 Å². The number of nitrogens with zero attached hydrogens (tertiary/aromatic N) is 4. The van der Waals surface area contributed by atoms with Crippen molar-refractivity contribution in [1.82, 2.24) is 20.6 Å². The fourth-order valence-electron chi connectivity index (χ4n) is 4.63. The summed E-state index contributed by atoms with van der Waals surface area (Å²) in [7, 11) is 0. The summed E-state index contributed by atoms with van der Waals surface area (Å²) in [5.41, 5.74) is 2.95. The van der Waals surface area contributed by atoms with E-state index >= 15 is 0 Å². The van der Waals surface area contributed by atoms with Crippen molar-refractivity contribution in [3.8, 4) is 6.19 Å². The van der Waals surface area contributed by atoms with Gasteiger partial charge < -0.3 is 15.1 Å². The van der Waals surface area contributed by atoms with Gasteiger partial charge in [-0.25, -0.2) is 5.48 Å². The van der Waals surface area contributed by atoms with Crippen LogP contribution in [0, 0.1) is 23.3 Å². The van der Waals surface area contributed by atoms with Gasteiger partial charge in [0.2, 0.25) is 24.0 Å². The Morgan fingerprint density at radius 1 is 1.03 bits per heavy atom. The van der Waals surface area contributed by atoms with Gasteiger partial charge in [0.05, 0.1) is 11.8 Å². The Hall–Kier alpha value is -3.12. The number of aliphatic imine (C=N–C) groups is 1. The highest BCUT2D eigenvalue weighted by Gasteiger charge is 2.43. The average molecular weight is 425 g/mol. The van der Waals surface area contributed by atoms with Crippen LogP contribution < -0.4 is 10.8 Å². The molecule has 2 amide bonds. The number of carbonyl (C=O) groups is 2. The summed E-state index contributed by atoms with van der Waals surface area (Å²) in [6.07, 6.45) is 5.22. The van der Waals surface area contributed by atoms with Crippen molar-refractivity contribution in [2.75, 3.05) is 26.2 Å². The zero-order valence-electron chi connectivity index (χ0n) is 17.4. The number of piperidine rings is 1. The third kappa shape index (κ3) is 4.80. The topological polar surface area (TPSA) is 121 Å². The number of nitriles is 1. The summed E-state index contributed by atoms with van der Waals surface area (Å²) >= 11 is 0. The molecule has 164 valence electrons. The minimum absolute atomic E-state index is 0.0411. The summed E-state index contributed by atoms with van der Waals surface area (Å²) in [4.78, 5) is 33.4. The van der Waals surface area contributed by atoms with Crippen molar-refractivity contribution in [3.63, 3.8) is 0 Å². The third-order valence-electron chi connectivity index (χ3n) is 6.51. The standard InChI is InChI=1S/C22H28N6O3/c23-14-24-22(25-17-6-7-17)28-11-9-18(19(13-28)20(29)26-31)21(30)27-10-8-16(12-27)15-4-2-1-3-5-15/h1-5,16-19,31H,6-13H2,(H,24,25)(H,26,29)/t16-,18-,19-/m0/s1. The maximum Gasteiger partial charge on any atom is 0.249 e. The molecule has 0 spiro atoms. The Labute approximate surface area is 181 Å². The predicted molar refractivity (Wildman–Crippen MR) is 113 cm³/mol. The first-order chi connectivity index (χ1) is 15.1. The monoisotopic (exact) mass is 424 g/mol. The maximum atomic E-state index is 13.3. The molecule has 0 bridgehead atoms. The first-order valence-electron chi connectivity index (χ1n) is 10.9. The number of amides is 2. The van der Waals surface area contributed by atoms with E-state index in [1.807, 2.05) is 34.2 Å². The molecular weight excluding hydrogens is 396 g/mol. The van der Waals surface area contributed by atoms with Gasteiger partial charge in [0, 0.05) is 38.1 Å². The normalized spacial score (nSPS) is 26.3. The van der Waals surface area contributed by atoms with Gasteiger partial charge in [0.25, 0.3) is 0 Å². The van der Waals surface area contributed by atoms with Crippen LogP contribution >= 0.6 is 0 Å². The second-order valence-corrected chi connectivity index (χ2v) is 8.56. The molecule has 1 aromatic rings. The zero-order valence-corrected chi connectivity index (χ0v) is 17.4. The molecule has 9 nitrogen and oxygen atoms in total. The van der Waals surface area contributed by atoms with Crippen LogP contribution in [0.15, 0.2) is 35.3 Å². The molecule has 3 fully saturated rings. The van der Waals surface area contributed by atoms with E-state index in [4.69, 9.17) is 5.26 Å². The fraction of sp³-hybridized carbons (Fsp3) is 0.545. The molecule has 0 aromatic heterocycles. The van der Waals surface area contributed by atoms with E-state index in [0.29, 0.717) is 44.0 Å². The summed E-state index contributed by atoms with van der Waals surface area (Å²) in [5.74, 6) is -1.11. The summed E-state index contributed by atoms with van der Waals surface area (Å²) in [6, 6.07) is 10.5. The van der Waals surface area contributed by atoms with Gasteiger partial charge in [-0.05, 0) is 31.2 Å². The van der Waals surface area contributed by atoms with E-state index in [-0.39, 0.29) is 12.5 Å². The Kier molecular flexibility index (Phi) is 6.37. The number of rotatable bonds is 4. The minimum Gasteiger partial charge on any atom is -0.353 e. The van der Waals surface area contributed by atoms with Crippen LogP contribution in [0.5, 0.6) is 0 Å². The molecule has 3 atom stereocenters. The Bertz CT molecular complexity index is 879. The van der Waals surface area contributed by atoms with Gasteiger partial charge >= 0.3 is 0 Å². The van der Waals surface area contributed by atoms with E-state index in [1.54, 1.807) is 5.48 Å². The van der Waals surface area contributed by atoms with Crippen molar-refractivity contribution in [2.45, 2.75) is 37.6 Å². The highest BCUT2D eigenvalue weighted by Crippen LogP contribution is 2.32. The average Bonchev–Trinajstić information content (AvgIpc) is 3.49. The highest BCUT2D eigenvalue weighted by molar-refractivity contribution is 5.89. The molecule has 0 unspecified atom stereocenters. The van der Waals surface area contributed by atoms with Crippen molar-refractivity contribution in [1.29, 1.82) is 5.26 Å². The Morgan fingerprint density at radius 2 is 1.77 bits per heavy atom. The number of carbonyl (C=O) groups excluding carboxylic acids is 2. The quantitative estimate of drug-likeness (QED) is 0.218. The molecule has 2 saturated heterocycles. The first kappa shape index (κ1) is 21.1. The molecule has 2 heterocycles. The van der Waals surface area contributed by atoms with Crippen LogP contribution in [-0.4, -0.2) is 65.0 Å². The number of hydroxylamine groups is 1. The molecular formula is C22H28N6O3. The van der Waals surface area contributed by atoms with Gasteiger partial charge in [0.15, 0.2) is 0 Å². The van der Waals surface area contributed by atoms with Crippen LogP contribution in [0.2, 0.25) is 0 Å². The zero-order chi connectivity index (χ0) is 21.8. The second kappa shape index (κ2) is 9.35. The van der Waals surface area contributed by atoms with Crippen molar-refractivity contribution in [2.24, 2.45) is 16.8 Å². The largest absolute Gasteiger partial charge is 0.353 e. The van der Waals surface area contributed by atoms with Crippen molar-refractivity contribution < 1.29 is 14.8 Å². The first-order valence-corrected chi connectivity index (χ1v) is 10.9. The number of hydrogen-bond donors (Lipinski definition) is 3. The van der Waals surface area contributed by atoms with E-state index in [0.717, 1.165) is 19.3 Å². The number of hydrogen-bond acceptors (Lipinski definition) is 5. The number of likely N-dealkylation sites (tertiary alicyclic amines) is 2. The van der Waals surface area contributed by atoms with Crippen molar-refractivity contribution >= 4 is 17.8 Å². The molecule has 31 heavy (non-hydrogen) atoms. The van der Waals surface area contributed by atoms with Crippen molar-refractivity contribution in [3.05, 3.63) is 35.9 Å². The third-order valence-corrected chi connectivity index (χ3v) is 6.51. The molecule has 9 heteroatoms. The maximum absolute atomic E-state index is 13.3. The van der Waals surface area contributed by atoms with E-state index in [2.05, 4.69) is 22.4 Å². The number of benzene rings is 1. The van der Waals surface area contributed by atoms with Gasteiger partial charge in [-0.2, -0.15) is 5.26 Å². The van der Waals surface area contributed by atoms with Crippen LogP contribution in [0.3, 0.4) is 0 Å². The lowest BCUT2D eigenvalue weighted by molar-refractivity contribution is -0.147. The second-order valence-electron chi connectivity index (χ2n) is 8.56. The van der Waals surface area contributed by atoms with Gasteiger partial charge in [0.1, 0.15) is 0 Å². The lowest BCUT2D eigenvalue weighted by atomic mass is 9.83. The van der Waals surface area contributed by atoms with Crippen LogP contribution in [0.25, 0.3) is 0 Å². The lowest BCUT2D eigenvalue weighted by Crippen LogP contribution is -2.55. The number of guanidine groups is 1. The lowest BCUT2D eigenvalue weighted by Gasteiger charge is -2.39. The molecule has 1 saturated carbocycles.